The first-order valence-corrected chi connectivity index (χ1v) is 6.87. The van der Waals surface area contributed by atoms with E-state index in [1.807, 2.05) is 0 Å². The van der Waals surface area contributed by atoms with Crippen molar-refractivity contribution >= 4 is 0 Å². The van der Waals surface area contributed by atoms with Gasteiger partial charge in [0.25, 0.3) is 0 Å². The topological polar surface area (TPSA) is 25.2 Å². The molecule has 96 valence electrons. The van der Waals surface area contributed by atoms with E-state index < -0.39 is 0 Å². The van der Waals surface area contributed by atoms with Crippen molar-refractivity contribution < 1.29 is 5.11 Å². The monoisotopic (exact) mass is 235 g/mol. The average molecular weight is 235 g/mol. The SMILES string of the molecule is Cc1cc2c(n1CC(C)C(C)C)CCCC2O. The fourth-order valence-corrected chi connectivity index (χ4v) is 2.69. The zero-order valence-corrected chi connectivity index (χ0v) is 11.5. The fourth-order valence-electron chi connectivity index (χ4n) is 2.69. The molecule has 1 aliphatic carbocycles. The lowest BCUT2D eigenvalue weighted by Gasteiger charge is -2.23. The molecule has 1 aromatic rings. The molecule has 2 nitrogen and oxygen atoms in total. The number of hydrogen-bond donors (Lipinski definition) is 1. The molecule has 17 heavy (non-hydrogen) atoms. The Morgan fingerprint density at radius 2 is 2.12 bits per heavy atom. The van der Waals surface area contributed by atoms with Crippen LogP contribution in [-0.2, 0) is 13.0 Å². The molecular formula is C15H25NO. The average Bonchev–Trinajstić information content (AvgIpc) is 2.58. The third-order valence-corrected chi connectivity index (χ3v) is 4.31. The number of hydrogen-bond acceptors (Lipinski definition) is 1. The Morgan fingerprint density at radius 1 is 1.41 bits per heavy atom. The highest BCUT2D eigenvalue weighted by atomic mass is 16.3. The van der Waals surface area contributed by atoms with Crippen LogP contribution in [0.3, 0.4) is 0 Å². The summed E-state index contributed by atoms with van der Waals surface area (Å²) in [6.07, 6.45) is 2.95. The van der Waals surface area contributed by atoms with Gasteiger partial charge in [-0.2, -0.15) is 0 Å². The van der Waals surface area contributed by atoms with Gasteiger partial charge < -0.3 is 9.67 Å². The normalized spacial score (nSPS) is 21.6. The van der Waals surface area contributed by atoms with Gasteiger partial charge >= 0.3 is 0 Å². The van der Waals surface area contributed by atoms with Gasteiger partial charge in [0, 0.05) is 23.5 Å². The molecule has 1 N–H and O–H groups in total. The molecule has 2 unspecified atom stereocenters. The Labute approximate surface area is 105 Å². The third-order valence-electron chi connectivity index (χ3n) is 4.31. The minimum Gasteiger partial charge on any atom is -0.388 e. The molecule has 1 aliphatic rings. The summed E-state index contributed by atoms with van der Waals surface area (Å²) in [6.45, 7) is 10.1. The number of rotatable bonds is 3. The molecule has 0 fully saturated rings. The molecule has 2 rings (SSSR count). The molecule has 2 heteroatoms. The van der Waals surface area contributed by atoms with Gasteiger partial charge in [0.15, 0.2) is 0 Å². The number of nitrogens with zero attached hydrogens (tertiary/aromatic N) is 1. The second-order valence-corrected chi connectivity index (χ2v) is 5.93. The lowest BCUT2D eigenvalue weighted by atomic mass is 9.94. The van der Waals surface area contributed by atoms with Gasteiger partial charge in [-0.1, -0.05) is 20.8 Å². The van der Waals surface area contributed by atoms with Crippen LogP contribution in [0.25, 0.3) is 0 Å². The van der Waals surface area contributed by atoms with Crippen molar-refractivity contribution in [3.63, 3.8) is 0 Å². The van der Waals surface area contributed by atoms with Crippen LogP contribution in [0.2, 0.25) is 0 Å². The smallest absolute Gasteiger partial charge is 0.0807 e. The lowest BCUT2D eigenvalue weighted by Crippen LogP contribution is -2.18. The Kier molecular flexibility index (Phi) is 3.62. The summed E-state index contributed by atoms with van der Waals surface area (Å²) in [6, 6.07) is 2.19. The molecule has 0 aliphatic heterocycles. The summed E-state index contributed by atoms with van der Waals surface area (Å²) in [4.78, 5) is 0. The molecule has 0 amide bonds. The summed E-state index contributed by atoms with van der Waals surface area (Å²) in [5.41, 5.74) is 3.88. The first-order valence-electron chi connectivity index (χ1n) is 6.87. The zero-order chi connectivity index (χ0) is 12.6. The van der Waals surface area contributed by atoms with E-state index in [9.17, 15) is 5.11 Å². The van der Waals surface area contributed by atoms with Crippen LogP contribution in [-0.4, -0.2) is 9.67 Å². The highest BCUT2D eigenvalue weighted by molar-refractivity contribution is 5.31. The summed E-state index contributed by atoms with van der Waals surface area (Å²) < 4.78 is 2.43. The van der Waals surface area contributed by atoms with Gasteiger partial charge in [-0.25, -0.2) is 0 Å². The Hall–Kier alpha value is -0.760. The summed E-state index contributed by atoms with van der Waals surface area (Å²) in [5.74, 6) is 1.39. The molecule has 1 aromatic heterocycles. The second kappa shape index (κ2) is 4.85. The maximum absolute atomic E-state index is 10.0. The Bertz CT molecular complexity index is 392. The molecule has 0 bridgehead atoms. The number of aliphatic hydroxyl groups is 1. The first-order chi connectivity index (χ1) is 8.00. The van der Waals surface area contributed by atoms with Gasteiger partial charge in [-0.05, 0) is 44.1 Å². The summed E-state index contributed by atoms with van der Waals surface area (Å²) >= 11 is 0. The minimum absolute atomic E-state index is 0.229. The van der Waals surface area contributed by atoms with Gasteiger partial charge in [0.1, 0.15) is 0 Å². The lowest BCUT2D eigenvalue weighted by molar-refractivity contribution is 0.155. The predicted octanol–water partition coefficient (Wildman–Crippen LogP) is 3.46. The minimum atomic E-state index is -0.229. The van der Waals surface area contributed by atoms with Crippen molar-refractivity contribution in [1.82, 2.24) is 4.57 Å². The van der Waals surface area contributed by atoms with Crippen molar-refractivity contribution in [2.24, 2.45) is 11.8 Å². The van der Waals surface area contributed by atoms with Crippen LogP contribution in [0.4, 0.5) is 0 Å². The zero-order valence-electron chi connectivity index (χ0n) is 11.5. The molecule has 0 radical (unpaired) electrons. The van der Waals surface area contributed by atoms with E-state index in [4.69, 9.17) is 0 Å². The predicted molar refractivity (Wildman–Crippen MR) is 71.1 cm³/mol. The summed E-state index contributed by atoms with van der Waals surface area (Å²) in [7, 11) is 0. The van der Waals surface area contributed by atoms with Crippen molar-refractivity contribution in [1.29, 1.82) is 0 Å². The Morgan fingerprint density at radius 3 is 2.76 bits per heavy atom. The van der Waals surface area contributed by atoms with E-state index in [1.165, 1.54) is 17.0 Å². The van der Waals surface area contributed by atoms with Crippen molar-refractivity contribution in [2.45, 2.75) is 59.6 Å². The van der Waals surface area contributed by atoms with E-state index >= 15 is 0 Å². The van der Waals surface area contributed by atoms with E-state index in [-0.39, 0.29) is 6.10 Å². The molecule has 1 heterocycles. The number of aliphatic hydroxyl groups excluding tert-OH is 1. The number of aromatic nitrogens is 1. The van der Waals surface area contributed by atoms with E-state index in [0.29, 0.717) is 11.8 Å². The maximum Gasteiger partial charge on any atom is 0.0807 e. The van der Waals surface area contributed by atoms with E-state index in [1.54, 1.807) is 0 Å². The van der Waals surface area contributed by atoms with Crippen LogP contribution < -0.4 is 0 Å². The first kappa shape index (κ1) is 12.7. The van der Waals surface area contributed by atoms with Gasteiger partial charge in [-0.3, -0.25) is 0 Å². The van der Waals surface area contributed by atoms with Crippen LogP contribution in [0.15, 0.2) is 6.07 Å². The van der Waals surface area contributed by atoms with E-state index in [2.05, 4.69) is 38.3 Å². The van der Waals surface area contributed by atoms with Crippen molar-refractivity contribution in [2.75, 3.05) is 0 Å². The highest BCUT2D eigenvalue weighted by Gasteiger charge is 2.23. The van der Waals surface area contributed by atoms with Crippen LogP contribution in [0.1, 0.15) is 56.7 Å². The molecule has 0 saturated carbocycles. The van der Waals surface area contributed by atoms with Crippen LogP contribution in [0, 0.1) is 18.8 Å². The molecule has 0 saturated heterocycles. The van der Waals surface area contributed by atoms with Crippen LogP contribution in [0.5, 0.6) is 0 Å². The maximum atomic E-state index is 10.0. The van der Waals surface area contributed by atoms with Crippen molar-refractivity contribution in [3.05, 3.63) is 23.0 Å². The van der Waals surface area contributed by atoms with Crippen LogP contribution >= 0.6 is 0 Å². The quantitative estimate of drug-likeness (QED) is 0.852. The molecule has 2 atom stereocenters. The van der Waals surface area contributed by atoms with Crippen molar-refractivity contribution in [3.8, 4) is 0 Å². The van der Waals surface area contributed by atoms with Gasteiger partial charge in [0.05, 0.1) is 6.10 Å². The highest BCUT2D eigenvalue weighted by Crippen LogP contribution is 2.32. The fraction of sp³-hybridized carbons (Fsp3) is 0.733. The van der Waals surface area contributed by atoms with E-state index in [0.717, 1.165) is 25.8 Å². The Balaban J connectivity index is 2.28. The standard InChI is InChI=1S/C15H25NO/c1-10(2)11(3)9-16-12(4)8-13-14(16)6-5-7-15(13)17/h8,10-11,15,17H,5-7,9H2,1-4H3. The third kappa shape index (κ3) is 2.42. The largest absolute Gasteiger partial charge is 0.388 e. The molecule has 0 aromatic carbocycles. The molecule has 0 spiro atoms. The van der Waals surface area contributed by atoms with Gasteiger partial charge in [0.2, 0.25) is 0 Å². The number of aryl methyl sites for hydroxylation is 1. The number of fused-ring (bicyclic) bond motifs is 1. The second-order valence-electron chi connectivity index (χ2n) is 5.93. The van der Waals surface area contributed by atoms with Gasteiger partial charge in [-0.15, -0.1) is 0 Å². The summed E-state index contributed by atoms with van der Waals surface area (Å²) in [5, 5.41) is 10.0. The molecular weight excluding hydrogens is 210 g/mol.